The molecule has 0 N–H and O–H groups in total. The van der Waals surface area contributed by atoms with Crippen molar-refractivity contribution in [2.45, 2.75) is 80.6 Å². The molecule has 2 heteroatoms. The van der Waals surface area contributed by atoms with Crippen LogP contribution in [0, 0.1) is 17.8 Å². The molecule has 0 radical (unpaired) electrons. The lowest BCUT2D eigenvalue weighted by atomic mass is 9.75. The standard InChI is InChI=1S/C35H39NO/c1-20-10-15-27-23(16-20)17-26-30(36-27)24-13-11-21(18-33(2,3)4)31-28(24)29-25(35(26,8)9)14-12-22(32(29)37-31)19-34(5,6)7/h10-17H,18-19H2,1-9H3. The molecule has 2 nitrogen and oxygen atoms in total. The molecule has 0 unspecified atom stereocenters. The Hall–Kier alpha value is -3.13. The zero-order valence-electron chi connectivity index (χ0n) is 23.9. The van der Waals surface area contributed by atoms with Crippen LogP contribution in [0.15, 0.2) is 52.9 Å². The largest absolute Gasteiger partial charge is 0.455 e. The molecule has 0 aliphatic heterocycles. The lowest BCUT2D eigenvalue weighted by molar-refractivity contribution is 0.408. The fourth-order valence-electron chi connectivity index (χ4n) is 6.35. The minimum Gasteiger partial charge on any atom is -0.455 e. The summed E-state index contributed by atoms with van der Waals surface area (Å²) in [5, 5.41) is 3.73. The molecule has 0 atom stereocenters. The van der Waals surface area contributed by atoms with E-state index in [1.165, 1.54) is 49.5 Å². The van der Waals surface area contributed by atoms with Crippen molar-refractivity contribution < 1.29 is 4.42 Å². The molecule has 37 heavy (non-hydrogen) atoms. The predicted molar refractivity (Wildman–Crippen MR) is 158 cm³/mol. The number of furan rings is 1. The number of rotatable bonds is 2. The fourth-order valence-corrected chi connectivity index (χ4v) is 6.35. The lowest BCUT2D eigenvalue weighted by Gasteiger charge is -2.28. The van der Waals surface area contributed by atoms with E-state index in [-0.39, 0.29) is 16.2 Å². The van der Waals surface area contributed by atoms with Crippen molar-refractivity contribution in [3.8, 4) is 11.3 Å². The molecule has 6 rings (SSSR count). The third-order valence-corrected chi connectivity index (χ3v) is 7.95. The number of hydrogen-bond acceptors (Lipinski definition) is 2. The van der Waals surface area contributed by atoms with Gasteiger partial charge in [0, 0.05) is 27.1 Å². The second-order valence-corrected chi connectivity index (χ2v) is 14.2. The van der Waals surface area contributed by atoms with Gasteiger partial charge in [0.15, 0.2) is 0 Å². The van der Waals surface area contributed by atoms with Gasteiger partial charge in [0.25, 0.3) is 0 Å². The van der Waals surface area contributed by atoms with E-state index < -0.39 is 0 Å². The molecule has 0 fully saturated rings. The molecule has 2 heterocycles. The highest BCUT2D eigenvalue weighted by molar-refractivity contribution is 6.17. The second kappa shape index (κ2) is 7.69. The Kier molecular flexibility index (Phi) is 5.04. The van der Waals surface area contributed by atoms with Gasteiger partial charge in [0.2, 0.25) is 0 Å². The molecule has 0 saturated heterocycles. The average Bonchev–Trinajstić information content (AvgIpc) is 3.15. The molecule has 190 valence electrons. The van der Waals surface area contributed by atoms with Crippen molar-refractivity contribution in [3.63, 3.8) is 0 Å². The predicted octanol–water partition coefficient (Wildman–Crippen LogP) is 9.93. The van der Waals surface area contributed by atoms with E-state index in [4.69, 9.17) is 9.40 Å². The Balaban J connectivity index is 1.79. The summed E-state index contributed by atoms with van der Waals surface area (Å²) in [5.41, 5.74) is 12.0. The first-order valence-electron chi connectivity index (χ1n) is 13.7. The Morgan fingerprint density at radius 3 is 2.00 bits per heavy atom. The summed E-state index contributed by atoms with van der Waals surface area (Å²) in [6.07, 6.45) is 1.94. The van der Waals surface area contributed by atoms with Crippen molar-refractivity contribution in [2.75, 3.05) is 0 Å². The maximum absolute atomic E-state index is 6.95. The Bertz CT molecular complexity index is 1720. The van der Waals surface area contributed by atoms with Gasteiger partial charge in [-0.15, -0.1) is 0 Å². The van der Waals surface area contributed by atoms with Crippen LogP contribution in [0.4, 0.5) is 0 Å². The SMILES string of the molecule is Cc1ccc2nc3c(cc2c1)C(C)(C)c1ccc(CC(C)(C)C)c2oc4c(CC(C)(C)C)ccc-3c4c12. The Morgan fingerprint density at radius 2 is 1.35 bits per heavy atom. The highest BCUT2D eigenvalue weighted by Gasteiger charge is 2.36. The zero-order valence-corrected chi connectivity index (χ0v) is 23.9. The minimum atomic E-state index is -0.223. The van der Waals surface area contributed by atoms with Crippen LogP contribution in [-0.2, 0) is 18.3 Å². The zero-order chi connectivity index (χ0) is 26.5. The van der Waals surface area contributed by atoms with Gasteiger partial charge in [-0.25, -0.2) is 4.98 Å². The topological polar surface area (TPSA) is 26.0 Å². The second-order valence-electron chi connectivity index (χ2n) is 14.2. The van der Waals surface area contributed by atoms with Gasteiger partial charge >= 0.3 is 0 Å². The maximum atomic E-state index is 6.95. The van der Waals surface area contributed by atoms with Gasteiger partial charge in [-0.05, 0) is 71.0 Å². The summed E-state index contributed by atoms with van der Waals surface area (Å²) in [6, 6.07) is 18.3. The van der Waals surface area contributed by atoms with E-state index in [0.717, 1.165) is 35.2 Å². The molecular formula is C35H39NO. The summed E-state index contributed by atoms with van der Waals surface area (Å²) in [6.45, 7) is 20.7. The van der Waals surface area contributed by atoms with Crippen molar-refractivity contribution in [1.82, 2.24) is 4.98 Å². The number of benzene rings is 3. The number of hydrogen-bond donors (Lipinski definition) is 0. The summed E-state index contributed by atoms with van der Waals surface area (Å²) in [5.74, 6) is 0. The monoisotopic (exact) mass is 489 g/mol. The molecule has 1 aliphatic rings. The molecule has 2 aromatic heterocycles. The van der Waals surface area contributed by atoms with Crippen LogP contribution >= 0.6 is 0 Å². The number of aromatic nitrogens is 1. The normalized spacial score (nSPS) is 15.1. The van der Waals surface area contributed by atoms with E-state index in [0.29, 0.717) is 0 Å². The Labute approximate surface area is 221 Å². The van der Waals surface area contributed by atoms with Gasteiger partial charge in [0.05, 0.1) is 11.2 Å². The molecule has 1 aliphatic carbocycles. The van der Waals surface area contributed by atoms with Crippen LogP contribution < -0.4 is 0 Å². The van der Waals surface area contributed by atoms with E-state index in [9.17, 15) is 0 Å². The van der Waals surface area contributed by atoms with Crippen LogP contribution in [0.3, 0.4) is 0 Å². The van der Waals surface area contributed by atoms with E-state index >= 15 is 0 Å². The van der Waals surface area contributed by atoms with Gasteiger partial charge in [-0.2, -0.15) is 0 Å². The molecular weight excluding hydrogens is 450 g/mol. The third-order valence-electron chi connectivity index (χ3n) is 7.95. The molecule has 0 amide bonds. The number of pyridine rings is 1. The average molecular weight is 490 g/mol. The van der Waals surface area contributed by atoms with Crippen LogP contribution in [0.5, 0.6) is 0 Å². The number of fused-ring (bicyclic) bond motifs is 3. The third kappa shape index (κ3) is 3.88. The summed E-state index contributed by atoms with van der Waals surface area (Å²) in [4.78, 5) is 5.33. The molecule has 0 bridgehead atoms. The first-order valence-corrected chi connectivity index (χ1v) is 13.7. The quantitative estimate of drug-likeness (QED) is 0.246. The summed E-state index contributed by atoms with van der Waals surface area (Å²) < 4.78 is 6.95. The highest BCUT2D eigenvalue weighted by atomic mass is 16.3. The van der Waals surface area contributed by atoms with Crippen LogP contribution in [0.2, 0.25) is 0 Å². The van der Waals surface area contributed by atoms with E-state index in [1.807, 2.05) is 0 Å². The van der Waals surface area contributed by atoms with Gasteiger partial charge < -0.3 is 4.42 Å². The van der Waals surface area contributed by atoms with Crippen molar-refractivity contribution in [2.24, 2.45) is 10.8 Å². The lowest BCUT2D eigenvalue weighted by Crippen LogP contribution is -2.20. The van der Waals surface area contributed by atoms with Gasteiger partial charge in [-0.1, -0.05) is 91.3 Å². The van der Waals surface area contributed by atoms with Crippen molar-refractivity contribution in [3.05, 3.63) is 76.3 Å². The number of aryl methyl sites for hydroxylation is 1. The molecule has 0 saturated carbocycles. The van der Waals surface area contributed by atoms with Crippen molar-refractivity contribution >= 4 is 32.8 Å². The molecule has 0 spiro atoms. The number of nitrogens with zero attached hydrogens (tertiary/aromatic N) is 1. The van der Waals surface area contributed by atoms with E-state index in [2.05, 4.69) is 111 Å². The first kappa shape index (κ1) is 24.2. The smallest absolute Gasteiger partial charge is 0.139 e. The summed E-state index contributed by atoms with van der Waals surface area (Å²) >= 11 is 0. The van der Waals surface area contributed by atoms with E-state index in [1.54, 1.807) is 0 Å². The highest BCUT2D eigenvalue weighted by Crippen LogP contribution is 2.51. The van der Waals surface area contributed by atoms with Crippen molar-refractivity contribution in [1.29, 1.82) is 0 Å². The van der Waals surface area contributed by atoms with Gasteiger partial charge in [0.1, 0.15) is 11.2 Å². The summed E-state index contributed by atoms with van der Waals surface area (Å²) in [7, 11) is 0. The molecule has 3 aromatic carbocycles. The van der Waals surface area contributed by atoms with Crippen LogP contribution in [0.25, 0.3) is 44.1 Å². The molecule has 5 aromatic rings. The van der Waals surface area contributed by atoms with Crippen LogP contribution in [0.1, 0.15) is 83.2 Å². The van der Waals surface area contributed by atoms with Crippen LogP contribution in [-0.4, -0.2) is 4.98 Å². The van der Waals surface area contributed by atoms with Gasteiger partial charge in [-0.3, -0.25) is 0 Å². The maximum Gasteiger partial charge on any atom is 0.139 e. The Morgan fingerprint density at radius 1 is 0.730 bits per heavy atom. The fraction of sp³-hybridized carbons (Fsp3) is 0.400. The first-order chi connectivity index (χ1) is 17.2. The minimum absolute atomic E-state index is 0.161.